The molecule has 0 saturated carbocycles. The highest BCUT2D eigenvalue weighted by Gasteiger charge is 2.26. The van der Waals surface area contributed by atoms with Crippen LogP contribution in [0.5, 0.6) is 0 Å². The molecule has 4 heterocycles. The van der Waals surface area contributed by atoms with Crippen molar-refractivity contribution in [1.82, 2.24) is 19.5 Å². The van der Waals surface area contributed by atoms with Gasteiger partial charge in [-0.1, -0.05) is 86.8 Å². The van der Waals surface area contributed by atoms with Crippen molar-refractivity contribution in [3.8, 4) is 51.0 Å². The normalized spacial score (nSPS) is 11.9. The van der Waals surface area contributed by atoms with Gasteiger partial charge in [-0.2, -0.15) is 0 Å². The highest BCUT2D eigenvalue weighted by Crippen LogP contribution is 2.41. The van der Waals surface area contributed by atoms with Crippen LogP contribution < -0.4 is 76.5 Å². The SMILES string of the molecule is Bc1c(B)c(B)c(-c2nc(-c3ccc4c(c3)oc3ccc(-n5c6ccccc6c6ccc7c8ccccc8oc7c65)cc34)nc(-c3c(B)c(B)c(B)c(-c4c(B)c(B)c(B)c(B)c4B)c3B)n2)c(B)c1B. The summed E-state index contributed by atoms with van der Waals surface area (Å²) in [6.07, 6.45) is 0. The summed E-state index contributed by atoms with van der Waals surface area (Å²) in [6.45, 7) is 0. The van der Waals surface area contributed by atoms with E-state index in [1.807, 2.05) is 12.1 Å². The number of hydrogen-bond acceptors (Lipinski definition) is 5. The molecule has 0 aliphatic heterocycles. The molecule has 0 saturated heterocycles. The van der Waals surface area contributed by atoms with Crippen LogP contribution >= 0.6 is 0 Å². The lowest BCUT2D eigenvalue weighted by Crippen LogP contribution is -2.57. The average Bonchev–Trinajstić information content (AvgIpc) is 4.06. The minimum atomic E-state index is 0.607. The molecule has 322 valence electrons. The van der Waals surface area contributed by atoms with Gasteiger partial charge in [0.05, 0.1) is 11.0 Å². The van der Waals surface area contributed by atoms with E-state index in [0.29, 0.717) is 17.5 Å². The highest BCUT2D eigenvalue weighted by molar-refractivity contribution is 6.71. The molecule has 0 unspecified atom stereocenters. The van der Waals surface area contributed by atoms with Gasteiger partial charge in [0.15, 0.2) is 23.1 Å². The van der Waals surface area contributed by atoms with Crippen molar-refractivity contribution in [2.45, 2.75) is 0 Å². The van der Waals surface area contributed by atoms with Crippen LogP contribution in [-0.2, 0) is 0 Å². The smallest absolute Gasteiger partial charge is 0.164 e. The van der Waals surface area contributed by atoms with Crippen LogP contribution in [0.15, 0.2) is 106 Å². The van der Waals surface area contributed by atoms with Gasteiger partial charge in [0.2, 0.25) is 0 Å². The first-order valence-electron chi connectivity index (χ1n) is 24.9. The first kappa shape index (κ1) is 45.2. The Bertz CT molecular complexity index is 4320. The zero-order valence-electron chi connectivity index (χ0n) is 43.3. The monoisotopic (exact) mass is 898 g/mol. The Morgan fingerprint density at radius 2 is 0.789 bits per heavy atom. The number of hydrogen-bond donors (Lipinski definition) is 0. The maximum atomic E-state index is 6.77. The fourth-order valence-electron chi connectivity index (χ4n) is 12.0. The molecule has 6 nitrogen and oxygen atoms in total. The molecule has 71 heavy (non-hydrogen) atoms. The lowest BCUT2D eigenvalue weighted by atomic mass is 9.56. The number of nitrogens with zero attached hydrogens (tertiary/aromatic N) is 4. The fraction of sp³-hybridized carbons (Fsp3) is 0. The van der Waals surface area contributed by atoms with Crippen molar-refractivity contribution in [2.75, 3.05) is 0 Å². The fourth-order valence-corrected chi connectivity index (χ4v) is 12.0. The Labute approximate surface area is 426 Å². The van der Waals surface area contributed by atoms with Crippen LogP contribution in [0, 0.1) is 0 Å². The molecule has 8 aromatic carbocycles. The van der Waals surface area contributed by atoms with Crippen LogP contribution in [0.4, 0.5) is 0 Å². The largest absolute Gasteiger partial charge is 0.456 e. The van der Waals surface area contributed by atoms with Crippen LogP contribution in [-0.4, -0.2) is 129 Å². The molecule has 0 atom stereocenters. The van der Waals surface area contributed by atoms with Crippen molar-refractivity contribution < 1.29 is 8.83 Å². The molecule has 0 aliphatic rings. The molecular weight excluding hydrogens is 852 g/mol. The summed E-state index contributed by atoms with van der Waals surface area (Å²) in [7, 11) is 31.4. The predicted molar refractivity (Wildman–Crippen MR) is 345 cm³/mol. The Kier molecular flexibility index (Phi) is 10.4. The van der Waals surface area contributed by atoms with E-state index in [1.54, 1.807) is 0 Å². The Hall–Kier alpha value is -6.92. The number of furan rings is 2. The highest BCUT2D eigenvalue weighted by atomic mass is 16.3. The second-order valence-corrected chi connectivity index (χ2v) is 20.3. The molecule has 0 fully saturated rings. The lowest BCUT2D eigenvalue weighted by molar-refractivity contribution is 0.669. The first-order chi connectivity index (χ1) is 34.0. The molecular formula is C51H44B14N4O2. The number of aromatic nitrogens is 4. The molecule has 4 aromatic heterocycles. The Morgan fingerprint density at radius 1 is 0.324 bits per heavy atom. The third kappa shape index (κ3) is 6.51. The minimum Gasteiger partial charge on any atom is -0.456 e. The van der Waals surface area contributed by atoms with E-state index in [-0.39, 0.29) is 0 Å². The maximum Gasteiger partial charge on any atom is 0.164 e. The van der Waals surface area contributed by atoms with E-state index in [9.17, 15) is 0 Å². The summed E-state index contributed by atoms with van der Waals surface area (Å²) in [5, 5.41) is 6.60. The summed E-state index contributed by atoms with van der Waals surface area (Å²) >= 11 is 0. The number of benzene rings is 8. The number of para-hydroxylation sites is 2. The van der Waals surface area contributed by atoms with E-state index < -0.39 is 0 Å². The summed E-state index contributed by atoms with van der Waals surface area (Å²) in [4.78, 5) is 16.4. The van der Waals surface area contributed by atoms with Crippen molar-refractivity contribution in [3.05, 3.63) is 97.1 Å². The van der Waals surface area contributed by atoms with Crippen LogP contribution in [0.25, 0.3) is 117 Å². The second kappa shape index (κ2) is 16.3. The zero-order valence-corrected chi connectivity index (χ0v) is 43.3. The van der Waals surface area contributed by atoms with E-state index >= 15 is 0 Å². The summed E-state index contributed by atoms with van der Waals surface area (Å²) in [5.74, 6) is 1.96. The van der Waals surface area contributed by atoms with Crippen LogP contribution in [0.2, 0.25) is 0 Å². The molecule has 0 radical (unpaired) electrons. The minimum absolute atomic E-state index is 0.607. The van der Waals surface area contributed by atoms with E-state index in [4.69, 9.17) is 23.8 Å². The molecule has 0 amide bonds. The van der Waals surface area contributed by atoms with Gasteiger partial charge in [0, 0.05) is 54.7 Å². The van der Waals surface area contributed by atoms with Crippen LogP contribution in [0.3, 0.4) is 0 Å². The first-order valence-corrected chi connectivity index (χ1v) is 24.9. The van der Waals surface area contributed by atoms with Gasteiger partial charge in [0.1, 0.15) is 127 Å². The average molecular weight is 896 g/mol. The Balaban J connectivity index is 1.07. The van der Waals surface area contributed by atoms with Crippen molar-refractivity contribution in [2.24, 2.45) is 0 Å². The number of rotatable bonds is 5. The third-order valence-corrected chi connectivity index (χ3v) is 17.1. The van der Waals surface area contributed by atoms with E-state index in [2.05, 4.69) is 199 Å². The Morgan fingerprint density at radius 3 is 1.44 bits per heavy atom. The zero-order chi connectivity index (χ0) is 49.6. The predicted octanol–water partition coefficient (Wildman–Crippen LogP) is -10.9. The van der Waals surface area contributed by atoms with Crippen molar-refractivity contribution >= 4 is 252 Å². The molecule has 0 aliphatic carbocycles. The topological polar surface area (TPSA) is 69.9 Å². The molecule has 0 spiro atoms. The molecule has 0 N–H and O–H groups in total. The molecule has 12 aromatic rings. The van der Waals surface area contributed by atoms with Gasteiger partial charge in [-0.05, 0) is 59.7 Å². The maximum absolute atomic E-state index is 6.77. The quantitative estimate of drug-likeness (QED) is 0.161. The van der Waals surface area contributed by atoms with Crippen LogP contribution in [0.1, 0.15) is 0 Å². The summed E-state index contributed by atoms with van der Waals surface area (Å²) in [5.41, 5.74) is 29.9. The summed E-state index contributed by atoms with van der Waals surface area (Å²) in [6, 6.07) is 34.3. The summed E-state index contributed by atoms with van der Waals surface area (Å²) < 4.78 is 15.8. The van der Waals surface area contributed by atoms with Gasteiger partial charge in [-0.25, -0.2) is 15.0 Å². The molecule has 20 heteroatoms. The third-order valence-electron chi connectivity index (χ3n) is 17.1. The second-order valence-electron chi connectivity index (χ2n) is 20.3. The standard InChI is InChI=1S/C51H44B14N4O2/c52-33-29(30-35(54)41(60)45(64)42(61)36(30)55)34(53)40(59)37(56)31(33)50-66-49(67-51(68-50)32-38(57)43(62)46(65)44(63)39(32)58)17-9-11-21-24-16-18(10-14-27(24)70-28(21)15-17)69-25-7-3-1-5-19(25)22-12-13-23-20-6-2-4-8-26(20)71-48(23)47(22)69/h1-16H,52-65H2. The van der Waals surface area contributed by atoms with Crippen molar-refractivity contribution in [3.63, 3.8) is 0 Å². The van der Waals surface area contributed by atoms with Crippen molar-refractivity contribution in [1.29, 1.82) is 0 Å². The molecule has 0 bridgehead atoms. The lowest BCUT2D eigenvalue weighted by Gasteiger charge is -2.27. The van der Waals surface area contributed by atoms with Gasteiger partial charge in [-0.3, -0.25) is 0 Å². The van der Waals surface area contributed by atoms with E-state index in [0.717, 1.165) is 82.7 Å². The van der Waals surface area contributed by atoms with Gasteiger partial charge in [0.25, 0.3) is 0 Å². The number of fused-ring (bicyclic) bond motifs is 10. The van der Waals surface area contributed by atoms with Gasteiger partial charge in [-0.15, -0.1) is 38.2 Å². The molecule has 12 rings (SSSR count). The van der Waals surface area contributed by atoms with E-state index in [1.165, 1.54) is 93.0 Å². The van der Waals surface area contributed by atoms with Gasteiger partial charge >= 0.3 is 0 Å². The van der Waals surface area contributed by atoms with Gasteiger partial charge < -0.3 is 13.4 Å².